The topological polar surface area (TPSA) is 38.7 Å². The van der Waals surface area contributed by atoms with Crippen molar-refractivity contribution in [2.45, 2.75) is 0 Å². The lowest BCUT2D eigenvalue weighted by molar-refractivity contribution is -0.168. The molecule has 2 N–H and O–H groups in total. The van der Waals surface area contributed by atoms with Crippen LogP contribution in [0.4, 0.5) is 0 Å². The minimum atomic E-state index is 0.785. The van der Waals surface area contributed by atoms with Crippen LogP contribution in [-0.4, -0.2) is 0 Å². The molecular formula is C13H10NO+. The Morgan fingerprint density at radius 1 is 0.733 bits per heavy atom. The van der Waals surface area contributed by atoms with E-state index in [4.69, 9.17) is 9.83 Å². The summed E-state index contributed by atoms with van der Waals surface area (Å²) >= 11 is 0. The maximum absolute atomic E-state index is 6.09. The SMILES string of the molecule is [NH2+]=c1c2ccccc2oc2ccccc12. The third kappa shape index (κ3) is 1.15. The lowest BCUT2D eigenvalue weighted by Gasteiger charge is -1.98. The van der Waals surface area contributed by atoms with Crippen LogP contribution < -0.4 is 10.8 Å². The van der Waals surface area contributed by atoms with E-state index in [1.54, 1.807) is 0 Å². The Bertz CT molecular complexity index is 640. The summed E-state index contributed by atoms with van der Waals surface area (Å²) in [6.07, 6.45) is 0. The number of nitrogens with two attached hydrogens (primary N) is 1. The molecule has 15 heavy (non-hydrogen) atoms. The molecule has 0 aliphatic carbocycles. The van der Waals surface area contributed by atoms with Gasteiger partial charge in [-0.05, 0) is 24.3 Å². The van der Waals surface area contributed by atoms with E-state index < -0.39 is 0 Å². The molecule has 0 saturated carbocycles. The van der Waals surface area contributed by atoms with Crippen LogP contribution >= 0.6 is 0 Å². The molecule has 0 aliphatic rings. The highest BCUT2D eigenvalue weighted by molar-refractivity contribution is 5.88. The van der Waals surface area contributed by atoms with Crippen LogP contribution in [-0.2, 0) is 0 Å². The van der Waals surface area contributed by atoms with Crippen molar-refractivity contribution in [3.8, 4) is 0 Å². The van der Waals surface area contributed by atoms with E-state index in [1.807, 2.05) is 48.5 Å². The van der Waals surface area contributed by atoms with Crippen LogP contribution in [0.25, 0.3) is 21.9 Å². The molecule has 3 aromatic rings. The average Bonchev–Trinajstić information content (AvgIpc) is 2.30. The minimum absolute atomic E-state index is 0.785. The van der Waals surface area contributed by atoms with Crippen LogP contribution in [0.3, 0.4) is 0 Å². The Hall–Kier alpha value is -2.09. The lowest BCUT2D eigenvalue weighted by Crippen LogP contribution is -2.45. The Morgan fingerprint density at radius 3 is 1.73 bits per heavy atom. The van der Waals surface area contributed by atoms with E-state index in [1.165, 1.54) is 0 Å². The van der Waals surface area contributed by atoms with Gasteiger partial charge in [0.15, 0.2) is 0 Å². The highest BCUT2D eigenvalue weighted by Crippen LogP contribution is 2.16. The first-order chi connectivity index (χ1) is 7.36. The van der Waals surface area contributed by atoms with E-state index in [0.29, 0.717) is 0 Å². The van der Waals surface area contributed by atoms with Gasteiger partial charge in [0.05, 0.1) is 10.8 Å². The van der Waals surface area contributed by atoms with Crippen molar-refractivity contribution in [3.05, 3.63) is 53.9 Å². The van der Waals surface area contributed by atoms with Crippen LogP contribution in [0.5, 0.6) is 0 Å². The Balaban J connectivity index is 2.66. The highest BCUT2D eigenvalue weighted by Gasteiger charge is 2.06. The molecule has 1 heterocycles. The van der Waals surface area contributed by atoms with Crippen molar-refractivity contribution in [2.24, 2.45) is 0 Å². The largest absolute Gasteiger partial charge is 0.456 e. The highest BCUT2D eigenvalue weighted by atomic mass is 16.3. The Morgan fingerprint density at radius 2 is 1.20 bits per heavy atom. The van der Waals surface area contributed by atoms with Gasteiger partial charge >= 0.3 is 0 Å². The summed E-state index contributed by atoms with van der Waals surface area (Å²) < 4.78 is 5.75. The minimum Gasteiger partial charge on any atom is -0.456 e. The lowest BCUT2D eigenvalue weighted by atomic mass is 10.1. The van der Waals surface area contributed by atoms with Crippen LogP contribution in [0.15, 0.2) is 52.9 Å². The molecule has 0 fully saturated rings. The van der Waals surface area contributed by atoms with Gasteiger partial charge in [0, 0.05) is 0 Å². The van der Waals surface area contributed by atoms with Gasteiger partial charge in [-0.2, -0.15) is 0 Å². The smallest absolute Gasteiger partial charge is 0.218 e. The predicted octanol–water partition coefficient (Wildman–Crippen LogP) is 1.25. The normalized spacial score (nSPS) is 10.9. The fourth-order valence-electron chi connectivity index (χ4n) is 1.82. The maximum Gasteiger partial charge on any atom is 0.218 e. The zero-order valence-corrected chi connectivity index (χ0v) is 8.10. The summed E-state index contributed by atoms with van der Waals surface area (Å²) in [5.41, 5.74) is 1.66. The second-order valence-corrected chi connectivity index (χ2v) is 3.51. The number of rotatable bonds is 0. The van der Waals surface area contributed by atoms with E-state index in [-0.39, 0.29) is 0 Å². The molecule has 0 unspecified atom stereocenters. The van der Waals surface area contributed by atoms with Crippen LogP contribution in [0, 0.1) is 0 Å². The third-order valence-corrected chi connectivity index (χ3v) is 2.57. The molecule has 3 rings (SSSR count). The van der Waals surface area contributed by atoms with Crippen molar-refractivity contribution in [3.63, 3.8) is 0 Å². The first-order valence-electron chi connectivity index (χ1n) is 4.85. The molecule has 72 valence electrons. The van der Waals surface area contributed by atoms with E-state index in [0.717, 1.165) is 27.3 Å². The van der Waals surface area contributed by atoms with Crippen molar-refractivity contribution < 1.29 is 9.83 Å². The Labute approximate surface area is 86.3 Å². The van der Waals surface area contributed by atoms with Crippen molar-refractivity contribution in [2.75, 3.05) is 0 Å². The number of hydrogen-bond acceptors (Lipinski definition) is 1. The molecule has 2 heteroatoms. The molecule has 1 aromatic heterocycles. The monoisotopic (exact) mass is 196 g/mol. The molecular weight excluding hydrogens is 186 g/mol. The molecule has 2 nitrogen and oxygen atoms in total. The number of benzene rings is 2. The third-order valence-electron chi connectivity index (χ3n) is 2.57. The van der Waals surface area contributed by atoms with Gasteiger partial charge in [0.2, 0.25) is 5.36 Å². The van der Waals surface area contributed by atoms with Gasteiger partial charge in [-0.15, -0.1) is 0 Å². The number of hydrogen-bond donors (Lipinski definition) is 1. The van der Waals surface area contributed by atoms with Crippen molar-refractivity contribution >= 4 is 21.9 Å². The van der Waals surface area contributed by atoms with Gasteiger partial charge in [0.1, 0.15) is 11.2 Å². The molecule has 0 radical (unpaired) electrons. The molecule has 0 atom stereocenters. The molecule has 0 bridgehead atoms. The molecule has 0 spiro atoms. The molecule has 0 aliphatic heterocycles. The summed E-state index contributed by atoms with van der Waals surface area (Å²) in [5, 5.41) is 8.82. The van der Waals surface area contributed by atoms with Crippen molar-refractivity contribution in [1.29, 1.82) is 0 Å². The predicted molar refractivity (Wildman–Crippen MR) is 58.8 cm³/mol. The zero-order chi connectivity index (χ0) is 10.3. The summed E-state index contributed by atoms with van der Waals surface area (Å²) in [5.74, 6) is 0. The zero-order valence-electron chi connectivity index (χ0n) is 8.10. The van der Waals surface area contributed by atoms with Gasteiger partial charge in [-0.1, -0.05) is 24.3 Å². The first kappa shape index (κ1) is 8.24. The second kappa shape index (κ2) is 2.95. The van der Waals surface area contributed by atoms with Crippen LogP contribution in [0.2, 0.25) is 0 Å². The van der Waals surface area contributed by atoms with E-state index in [2.05, 4.69) is 0 Å². The average molecular weight is 196 g/mol. The van der Waals surface area contributed by atoms with Gasteiger partial charge in [-0.25, -0.2) is 0 Å². The Kier molecular flexibility index (Phi) is 1.62. The fraction of sp³-hybridized carbons (Fsp3) is 0. The molecule has 2 aromatic carbocycles. The standard InChI is InChI=1S/C13H9NO/c14-13-9-5-1-3-7-11(9)15-12-8-4-2-6-10(12)13/h1-8,14H/p+1. The van der Waals surface area contributed by atoms with Crippen molar-refractivity contribution in [1.82, 2.24) is 0 Å². The maximum atomic E-state index is 6.09. The summed E-state index contributed by atoms with van der Waals surface area (Å²) in [4.78, 5) is 0. The second-order valence-electron chi connectivity index (χ2n) is 3.51. The quantitative estimate of drug-likeness (QED) is 0.540. The summed E-state index contributed by atoms with van der Waals surface area (Å²) in [6, 6.07) is 15.6. The summed E-state index contributed by atoms with van der Waals surface area (Å²) in [6.45, 7) is 0. The fourth-order valence-corrected chi connectivity index (χ4v) is 1.82. The summed E-state index contributed by atoms with van der Waals surface area (Å²) in [7, 11) is 0. The van der Waals surface area contributed by atoms with Gasteiger partial charge in [0.25, 0.3) is 0 Å². The van der Waals surface area contributed by atoms with Crippen LogP contribution in [0.1, 0.15) is 0 Å². The first-order valence-corrected chi connectivity index (χ1v) is 4.85. The number of fused-ring (bicyclic) bond motifs is 2. The van der Waals surface area contributed by atoms with E-state index in [9.17, 15) is 0 Å². The van der Waals surface area contributed by atoms with Gasteiger partial charge < -0.3 is 4.42 Å². The molecule has 0 saturated heterocycles. The van der Waals surface area contributed by atoms with E-state index >= 15 is 0 Å². The molecule has 0 amide bonds. The van der Waals surface area contributed by atoms with Gasteiger partial charge in [-0.3, -0.25) is 5.41 Å². The number of para-hydroxylation sites is 2.